The number of ether oxygens (including phenoxy) is 1. The molecule has 112 valence electrons. The molecule has 0 amide bonds. The number of nitrogens with one attached hydrogen (secondary N) is 2. The standard InChI is InChI=1S/C15H18N2O4/c1-21-8-4-7-12(15(19)20)16-13-9-10-5-2-3-6-11(10)14(18)17-13/h2-3,5-6,9,12H,4,7-8H2,1H3,(H,19,20)(H2,16,17,18). The van der Waals surface area contributed by atoms with Crippen LogP contribution in [0.1, 0.15) is 12.8 Å². The molecular formula is C15H18N2O4. The van der Waals surface area contributed by atoms with Crippen LogP contribution in [0, 0.1) is 0 Å². The maximum atomic E-state index is 11.9. The lowest BCUT2D eigenvalue weighted by molar-refractivity contribution is -0.138. The molecule has 2 aromatic rings. The predicted molar refractivity (Wildman–Crippen MR) is 80.7 cm³/mol. The van der Waals surface area contributed by atoms with E-state index in [0.29, 0.717) is 30.7 Å². The van der Waals surface area contributed by atoms with Crippen LogP contribution in [0.3, 0.4) is 0 Å². The second-order valence-corrected chi connectivity index (χ2v) is 4.77. The Balaban J connectivity index is 2.20. The van der Waals surface area contributed by atoms with Gasteiger partial charge in [-0.05, 0) is 30.4 Å². The van der Waals surface area contributed by atoms with Gasteiger partial charge in [-0.1, -0.05) is 18.2 Å². The molecule has 0 saturated heterocycles. The van der Waals surface area contributed by atoms with Gasteiger partial charge < -0.3 is 20.1 Å². The first kappa shape index (κ1) is 15.1. The lowest BCUT2D eigenvalue weighted by atomic mass is 10.1. The summed E-state index contributed by atoms with van der Waals surface area (Å²) < 4.78 is 4.92. The van der Waals surface area contributed by atoms with Crippen LogP contribution in [0.4, 0.5) is 5.82 Å². The molecule has 0 fully saturated rings. The van der Waals surface area contributed by atoms with Gasteiger partial charge >= 0.3 is 5.97 Å². The molecular weight excluding hydrogens is 272 g/mol. The number of benzene rings is 1. The molecule has 0 bridgehead atoms. The minimum absolute atomic E-state index is 0.239. The molecule has 0 aliphatic heterocycles. The van der Waals surface area contributed by atoms with Gasteiger partial charge in [0.05, 0.1) is 0 Å². The van der Waals surface area contributed by atoms with Crippen LogP contribution in [0.25, 0.3) is 10.8 Å². The van der Waals surface area contributed by atoms with Crippen LogP contribution in [-0.2, 0) is 9.53 Å². The molecule has 1 aromatic heterocycles. The van der Waals surface area contributed by atoms with E-state index in [4.69, 9.17) is 4.74 Å². The Morgan fingerprint density at radius 1 is 1.43 bits per heavy atom. The summed E-state index contributed by atoms with van der Waals surface area (Å²) in [4.78, 5) is 25.9. The average Bonchev–Trinajstić information content (AvgIpc) is 2.46. The number of carboxylic acids is 1. The number of hydrogen-bond donors (Lipinski definition) is 3. The normalized spacial score (nSPS) is 12.2. The van der Waals surface area contributed by atoms with Gasteiger partial charge in [0.25, 0.3) is 5.56 Å². The first-order chi connectivity index (χ1) is 10.1. The van der Waals surface area contributed by atoms with Crippen LogP contribution in [0.2, 0.25) is 0 Å². The number of aromatic nitrogens is 1. The number of carbonyl (C=O) groups is 1. The van der Waals surface area contributed by atoms with Crippen molar-refractivity contribution < 1.29 is 14.6 Å². The summed E-state index contributed by atoms with van der Waals surface area (Å²) in [5.74, 6) is -0.552. The fourth-order valence-corrected chi connectivity index (χ4v) is 2.17. The smallest absolute Gasteiger partial charge is 0.326 e. The van der Waals surface area contributed by atoms with Crippen molar-refractivity contribution in [3.63, 3.8) is 0 Å². The molecule has 3 N–H and O–H groups in total. The first-order valence-electron chi connectivity index (χ1n) is 6.72. The lowest BCUT2D eigenvalue weighted by Crippen LogP contribution is -2.30. The maximum Gasteiger partial charge on any atom is 0.326 e. The number of rotatable bonds is 7. The van der Waals surface area contributed by atoms with E-state index in [9.17, 15) is 14.7 Å². The Morgan fingerprint density at radius 2 is 2.19 bits per heavy atom. The third-order valence-corrected chi connectivity index (χ3v) is 3.22. The number of carboxylic acid groups (broad SMARTS) is 1. The molecule has 0 aliphatic rings. The maximum absolute atomic E-state index is 11.9. The van der Waals surface area contributed by atoms with E-state index < -0.39 is 12.0 Å². The van der Waals surface area contributed by atoms with E-state index >= 15 is 0 Å². The number of aromatic amines is 1. The minimum Gasteiger partial charge on any atom is -0.480 e. The molecule has 1 heterocycles. The van der Waals surface area contributed by atoms with E-state index in [0.717, 1.165) is 5.39 Å². The lowest BCUT2D eigenvalue weighted by Gasteiger charge is -2.15. The molecule has 21 heavy (non-hydrogen) atoms. The molecule has 6 heteroatoms. The van der Waals surface area contributed by atoms with Gasteiger partial charge in [-0.25, -0.2) is 4.79 Å². The number of hydrogen-bond acceptors (Lipinski definition) is 4. The van der Waals surface area contributed by atoms with Gasteiger partial charge in [-0.2, -0.15) is 0 Å². The monoisotopic (exact) mass is 290 g/mol. The topological polar surface area (TPSA) is 91.4 Å². The van der Waals surface area contributed by atoms with Crippen molar-refractivity contribution in [3.8, 4) is 0 Å². The largest absolute Gasteiger partial charge is 0.480 e. The van der Waals surface area contributed by atoms with Crippen molar-refractivity contribution in [2.24, 2.45) is 0 Å². The Kier molecular flexibility index (Phi) is 4.94. The van der Waals surface area contributed by atoms with Gasteiger partial charge in [-0.15, -0.1) is 0 Å². The van der Waals surface area contributed by atoms with Gasteiger partial charge in [0.15, 0.2) is 0 Å². The highest BCUT2D eigenvalue weighted by Gasteiger charge is 2.17. The predicted octanol–water partition coefficient (Wildman–Crippen LogP) is 1.82. The second kappa shape index (κ2) is 6.90. The van der Waals surface area contributed by atoms with Gasteiger partial charge in [-0.3, -0.25) is 4.79 Å². The summed E-state index contributed by atoms with van der Waals surface area (Å²) in [7, 11) is 1.57. The number of methoxy groups -OCH3 is 1. The molecule has 0 radical (unpaired) electrons. The zero-order valence-electron chi connectivity index (χ0n) is 11.8. The zero-order chi connectivity index (χ0) is 15.2. The molecule has 2 rings (SSSR count). The van der Waals surface area contributed by atoms with Crippen LogP contribution >= 0.6 is 0 Å². The van der Waals surface area contributed by atoms with Crippen LogP contribution in [0.5, 0.6) is 0 Å². The van der Waals surface area contributed by atoms with Crippen molar-refractivity contribution in [1.29, 1.82) is 0 Å². The fourth-order valence-electron chi connectivity index (χ4n) is 2.17. The van der Waals surface area contributed by atoms with Crippen LogP contribution < -0.4 is 10.9 Å². The highest BCUT2D eigenvalue weighted by molar-refractivity contribution is 5.84. The zero-order valence-corrected chi connectivity index (χ0v) is 11.8. The quantitative estimate of drug-likeness (QED) is 0.677. The van der Waals surface area contributed by atoms with Gasteiger partial charge in [0.2, 0.25) is 0 Å². The Bertz CT molecular complexity index is 681. The average molecular weight is 290 g/mol. The van der Waals surface area contributed by atoms with Crippen LogP contribution in [-0.4, -0.2) is 35.8 Å². The highest BCUT2D eigenvalue weighted by atomic mass is 16.5. The van der Waals surface area contributed by atoms with E-state index in [1.165, 1.54) is 0 Å². The molecule has 6 nitrogen and oxygen atoms in total. The van der Waals surface area contributed by atoms with Crippen molar-refractivity contribution in [1.82, 2.24) is 4.98 Å². The van der Waals surface area contributed by atoms with E-state index in [1.807, 2.05) is 12.1 Å². The van der Waals surface area contributed by atoms with E-state index in [2.05, 4.69) is 10.3 Å². The molecule has 0 aliphatic carbocycles. The van der Waals surface area contributed by atoms with E-state index in [-0.39, 0.29) is 5.56 Å². The summed E-state index contributed by atoms with van der Waals surface area (Å²) in [6.07, 6.45) is 1.04. The van der Waals surface area contributed by atoms with E-state index in [1.54, 1.807) is 25.3 Å². The van der Waals surface area contributed by atoms with Crippen molar-refractivity contribution >= 4 is 22.6 Å². The van der Waals surface area contributed by atoms with Gasteiger partial charge in [0.1, 0.15) is 11.9 Å². The molecule has 0 saturated carbocycles. The fraction of sp³-hybridized carbons (Fsp3) is 0.333. The SMILES string of the molecule is COCCCC(Nc1cc2ccccc2c(=O)[nH]1)C(=O)O. The summed E-state index contributed by atoms with van der Waals surface area (Å²) in [5.41, 5.74) is -0.239. The van der Waals surface area contributed by atoms with Crippen LogP contribution in [0.15, 0.2) is 35.1 Å². The van der Waals surface area contributed by atoms with Crippen molar-refractivity contribution in [3.05, 3.63) is 40.7 Å². The third-order valence-electron chi connectivity index (χ3n) is 3.22. The minimum atomic E-state index is -0.958. The first-order valence-corrected chi connectivity index (χ1v) is 6.72. The summed E-state index contributed by atoms with van der Waals surface area (Å²) in [6.45, 7) is 0.500. The number of H-pyrrole nitrogens is 1. The Hall–Kier alpha value is -2.34. The molecule has 1 aromatic carbocycles. The van der Waals surface area contributed by atoms with Gasteiger partial charge in [0, 0.05) is 19.1 Å². The Morgan fingerprint density at radius 3 is 2.90 bits per heavy atom. The number of aliphatic carboxylic acids is 1. The highest BCUT2D eigenvalue weighted by Crippen LogP contribution is 2.14. The molecule has 1 atom stereocenters. The van der Waals surface area contributed by atoms with Crippen molar-refractivity contribution in [2.45, 2.75) is 18.9 Å². The summed E-state index contributed by atoms with van der Waals surface area (Å²) in [6, 6.07) is 8.14. The van der Waals surface area contributed by atoms with Crippen molar-refractivity contribution in [2.75, 3.05) is 19.0 Å². The Labute approximate surface area is 121 Å². The number of anilines is 1. The summed E-state index contributed by atoms with van der Waals surface area (Å²) >= 11 is 0. The number of fused-ring (bicyclic) bond motifs is 1. The number of pyridine rings is 1. The second-order valence-electron chi connectivity index (χ2n) is 4.77. The third kappa shape index (κ3) is 3.82. The summed E-state index contributed by atoms with van der Waals surface area (Å²) in [5, 5.41) is 13.4. The molecule has 1 unspecified atom stereocenters. The molecule has 0 spiro atoms.